The maximum Gasteiger partial charge on any atom is 0.416 e. The summed E-state index contributed by atoms with van der Waals surface area (Å²) in [7, 11) is 0. The summed E-state index contributed by atoms with van der Waals surface area (Å²) in [6.45, 7) is 7.13. The molecule has 4 aromatic rings. The molecule has 0 unspecified atom stereocenters. The van der Waals surface area contributed by atoms with Gasteiger partial charge in [-0.05, 0) is 36.4 Å². The third-order valence-electron chi connectivity index (χ3n) is 6.43. The van der Waals surface area contributed by atoms with Gasteiger partial charge >= 0.3 is 24.7 Å². The Morgan fingerprint density at radius 3 is 1.23 bits per heavy atom. The second-order valence-electron chi connectivity index (χ2n) is 9.30. The predicted octanol–water partition coefficient (Wildman–Crippen LogP) is 9.54. The Hall–Kier alpha value is -4.94. The first-order chi connectivity index (χ1) is 20.3. The van der Waals surface area contributed by atoms with E-state index in [9.17, 15) is 52.7 Å². The summed E-state index contributed by atoms with van der Waals surface area (Å²) in [5.41, 5.74) is -11.4. The van der Waals surface area contributed by atoms with Gasteiger partial charge in [-0.3, -0.25) is 0 Å². The van der Waals surface area contributed by atoms with Crippen LogP contribution in [0, 0.1) is 6.57 Å². The van der Waals surface area contributed by atoms with Crippen LogP contribution in [0.4, 0.5) is 52.7 Å². The number of rotatable bonds is 2. The van der Waals surface area contributed by atoms with Crippen LogP contribution in [0.5, 0.6) is 0 Å². The second-order valence-corrected chi connectivity index (χ2v) is 9.30. The zero-order chi connectivity index (χ0) is 32.4. The van der Waals surface area contributed by atoms with E-state index in [-0.39, 0.29) is 64.6 Å². The molecule has 1 heterocycles. The lowest BCUT2D eigenvalue weighted by Gasteiger charge is -2.18. The number of hydrogen-bond acceptors (Lipinski definition) is 3. The number of alkyl halides is 12. The summed E-state index contributed by atoms with van der Waals surface area (Å²) in [6, 6.07) is 6.22. The molecule has 0 bridgehead atoms. The quantitative estimate of drug-likeness (QED) is 0.111. The van der Waals surface area contributed by atoms with Crippen molar-refractivity contribution >= 4 is 5.71 Å². The molecule has 0 atom stereocenters. The fourth-order valence-corrected chi connectivity index (χ4v) is 4.55. The van der Waals surface area contributed by atoms with Crippen LogP contribution < -0.4 is 0 Å². The maximum absolute atomic E-state index is 13.7. The Morgan fingerprint density at radius 2 is 0.864 bits per heavy atom. The van der Waals surface area contributed by atoms with Crippen LogP contribution in [0.15, 0.2) is 65.8 Å². The van der Waals surface area contributed by atoms with Crippen molar-refractivity contribution < 1.29 is 52.7 Å². The predicted molar refractivity (Wildman–Crippen MR) is 131 cm³/mol. The van der Waals surface area contributed by atoms with E-state index < -0.39 is 69.5 Å². The molecule has 0 saturated carbocycles. The van der Waals surface area contributed by atoms with E-state index in [1.54, 1.807) is 0 Å². The highest BCUT2D eigenvalue weighted by Gasteiger charge is 2.40. The average Bonchev–Trinajstić information content (AvgIpc) is 3.23. The highest BCUT2D eigenvalue weighted by molar-refractivity contribution is 6.23. The van der Waals surface area contributed by atoms with Gasteiger partial charge in [0.25, 0.3) is 0 Å². The van der Waals surface area contributed by atoms with Crippen LogP contribution in [0.1, 0.15) is 33.5 Å². The summed E-state index contributed by atoms with van der Waals surface area (Å²) in [4.78, 5) is 11.2. The zero-order valence-corrected chi connectivity index (χ0v) is 21.1. The number of benzene rings is 3. The molecule has 0 fully saturated rings. The minimum absolute atomic E-state index is 0.160. The van der Waals surface area contributed by atoms with Crippen molar-refractivity contribution in [1.29, 1.82) is 0 Å². The van der Waals surface area contributed by atoms with Crippen molar-refractivity contribution in [3.63, 3.8) is 0 Å². The highest BCUT2D eigenvalue weighted by Crippen LogP contribution is 2.45. The van der Waals surface area contributed by atoms with Crippen molar-refractivity contribution in [3.8, 4) is 33.8 Å². The fraction of sp³-hybridized carbons (Fsp3) is 0.143. The Kier molecular flexibility index (Phi) is 6.98. The minimum atomic E-state index is -5.35. The second kappa shape index (κ2) is 10.1. The van der Waals surface area contributed by atoms with Crippen LogP contribution in [0.25, 0.3) is 38.7 Å². The van der Waals surface area contributed by atoms with Crippen LogP contribution in [0.2, 0.25) is 0 Å². The van der Waals surface area contributed by atoms with Crippen molar-refractivity contribution in [2.24, 2.45) is 5.10 Å². The Balaban J connectivity index is 1.94. The van der Waals surface area contributed by atoms with Crippen molar-refractivity contribution in [2.45, 2.75) is 24.7 Å². The van der Waals surface area contributed by atoms with E-state index in [4.69, 9.17) is 6.57 Å². The Labute approximate surface area is 238 Å². The molecule has 4 nitrogen and oxygen atoms in total. The van der Waals surface area contributed by atoms with E-state index in [1.807, 2.05) is 0 Å². The normalized spacial score (nSPS) is 14.4. The topological polar surface area (TPSA) is 42.5 Å². The Bertz CT molecular complexity index is 1810. The zero-order valence-electron chi connectivity index (χ0n) is 21.1. The van der Waals surface area contributed by atoms with Gasteiger partial charge in [-0.1, -0.05) is 24.3 Å². The lowest BCUT2D eigenvalue weighted by molar-refractivity contribution is -0.144. The van der Waals surface area contributed by atoms with Crippen molar-refractivity contribution in [3.05, 3.63) is 106 Å². The van der Waals surface area contributed by atoms with E-state index in [2.05, 4.69) is 20.0 Å². The molecule has 16 heteroatoms. The molecule has 0 aliphatic heterocycles. The Morgan fingerprint density at radius 1 is 0.500 bits per heavy atom. The number of halogens is 12. The lowest BCUT2D eigenvalue weighted by atomic mass is 9.96. The van der Waals surface area contributed by atoms with E-state index >= 15 is 0 Å². The SMILES string of the molecule is [C-]#[N+]N=C1c2ccccc2-c2nc(-c3cc(C(F)(F)F)cc(C(F)(F)F)c3)c(-c3cc(C(F)(F)F)cc(C(F)(F)F)c3)nc21. The number of nitrogens with zero attached hydrogens (tertiary/aromatic N) is 4. The van der Waals surface area contributed by atoms with Gasteiger partial charge in [-0.25, -0.2) is 9.97 Å². The molecule has 44 heavy (non-hydrogen) atoms. The maximum atomic E-state index is 13.7. The van der Waals surface area contributed by atoms with Gasteiger partial charge in [-0.2, -0.15) is 59.3 Å². The number of fused-ring (bicyclic) bond motifs is 3. The molecule has 5 rings (SSSR count). The first kappa shape index (κ1) is 30.5. The standard InChI is InChI=1S/C28H10F12N4/c1-41-44-23-19-5-3-2-4-18(19)22-24(23)43-21(13-8-16(27(35,36)37)11-17(9-13)28(38,39)40)20(42-22)12-6-14(25(29,30)31)10-15(7-12)26(32,33)34/h2-11H. The molecule has 0 amide bonds. The molecule has 3 aromatic carbocycles. The minimum Gasteiger partial charge on any atom is -0.243 e. The summed E-state index contributed by atoms with van der Waals surface area (Å²) in [5, 5.41) is 3.60. The first-order valence-corrected chi connectivity index (χ1v) is 11.9. The van der Waals surface area contributed by atoms with Crippen LogP contribution in [0.3, 0.4) is 0 Å². The molecular weight excluding hydrogens is 620 g/mol. The molecule has 0 N–H and O–H groups in total. The fourth-order valence-electron chi connectivity index (χ4n) is 4.55. The smallest absolute Gasteiger partial charge is 0.243 e. The summed E-state index contributed by atoms with van der Waals surface area (Å²) < 4.78 is 164. The third kappa shape index (κ3) is 5.56. The van der Waals surface area contributed by atoms with Crippen molar-refractivity contribution in [1.82, 2.24) is 9.97 Å². The van der Waals surface area contributed by atoms with Gasteiger partial charge in [0, 0.05) is 22.3 Å². The first-order valence-electron chi connectivity index (χ1n) is 11.9. The molecule has 226 valence electrons. The van der Waals surface area contributed by atoms with E-state index in [1.165, 1.54) is 24.3 Å². The van der Waals surface area contributed by atoms with Gasteiger partial charge < -0.3 is 0 Å². The van der Waals surface area contributed by atoms with Gasteiger partial charge in [0.15, 0.2) is 5.71 Å². The molecular formula is C28H10F12N4. The monoisotopic (exact) mass is 630 g/mol. The number of hydrogen-bond donors (Lipinski definition) is 0. The van der Waals surface area contributed by atoms with E-state index in [0.717, 1.165) is 0 Å². The van der Waals surface area contributed by atoms with Gasteiger partial charge in [0.1, 0.15) is 5.69 Å². The van der Waals surface area contributed by atoms with Gasteiger partial charge in [-0.15, -0.1) is 4.95 Å². The summed E-state index contributed by atoms with van der Waals surface area (Å²) in [6.07, 6.45) is -21.4. The average molecular weight is 630 g/mol. The molecule has 0 saturated heterocycles. The van der Waals surface area contributed by atoms with Crippen LogP contribution in [-0.2, 0) is 24.7 Å². The lowest BCUT2D eigenvalue weighted by Crippen LogP contribution is -2.13. The third-order valence-corrected chi connectivity index (χ3v) is 6.43. The van der Waals surface area contributed by atoms with E-state index in [0.29, 0.717) is 0 Å². The van der Waals surface area contributed by atoms with Gasteiger partial charge in [0.2, 0.25) is 0 Å². The molecule has 1 aliphatic carbocycles. The van der Waals surface area contributed by atoms with Crippen LogP contribution >= 0.6 is 0 Å². The molecule has 0 spiro atoms. The van der Waals surface area contributed by atoms with Gasteiger partial charge in [0.05, 0.1) is 44.4 Å². The molecule has 1 aromatic heterocycles. The summed E-state index contributed by atoms with van der Waals surface area (Å²) in [5.74, 6) is 0. The summed E-state index contributed by atoms with van der Waals surface area (Å²) >= 11 is 0. The van der Waals surface area contributed by atoms with Crippen LogP contribution in [-0.4, -0.2) is 15.7 Å². The molecule has 0 radical (unpaired) electrons. The number of aromatic nitrogens is 2. The molecule has 1 aliphatic rings. The van der Waals surface area contributed by atoms with Crippen molar-refractivity contribution in [2.75, 3.05) is 0 Å². The largest absolute Gasteiger partial charge is 0.416 e. The highest BCUT2D eigenvalue weighted by atomic mass is 19.4.